The van der Waals surface area contributed by atoms with Crippen molar-refractivity contribution in [1.29, 1.82) is 0 Å². The minimum Gasteiger partial charge on any atom is -0.462 e. The summed E-state index contributed by atoms with van der Waals surface area (Å²) >= 11 is 0. The maximum absolute atomic E-state index is 12.6. The van der Waals surface area contributed by atoms with E-state index in [9.17, 15) is 34.8 Å². The summed E-state index contributed by atoms with van der Waals surface area (Å²) in [5.74, 6) is -1.72. The van der Waals surface area contributed by atoms with Crippen molar-refractivity contribution in [3.8, 4) is 0 Å². The van der Waals surface area contributed by atoms with Crippen molar-refractivity contribution in [2.45, 2.75) is 154 Å². The highest BCUT2D eigenvalue weighted by molar-refractivity contribution is 5.79. The normalized spacial score (nSPS) is 21.9. The van der Waals surface area contributed by atoms with Crippen LogP contribution in [-0.4, -0.2) is 75.8 Å². The first kappa shape index (κ1) is 38.2. The molecule has 0 saturated heterocycles. The Morgan fingerprint density at radius 2 is 1.40 bits per heavy atom. The van der Waals surface area contributed by atoms with E-state index in [1.807, 2.05) is 0 Å². The Labute approximate surface area is 253 Å². The number of aliphatic hydroxyl groups excluding tert-OH is 4. The van der Waals surface area contributed by atoms with Crippen molar-refractivity contribution < 1.29 is 44.3 Å². The van der Waals surface area contributed by atoms with Crippen molar-refractivity contribution >= 4 is 17.7 Å². The molecule has 0 aromatic carbocycles. The zero-order valence-electron chi connectivity index (χ0n) is 26.1. The predicted molar refractivity (Wildman–Crippen MR) is 162 cm³/mol. The Morgan fingerprint density at radius 3 is 2.10 bits per heavy atom. The second-order valence-electron chi connectivity index (χ2n) is 11.9. The third-order valence-corrected chi connectivity index (χ3v) is 8.04. The Bertz CT molecular complexity index is 769. The van der Waals surface area contributed by atoms with E-state index in [1.165, 1.54) is 25.7 Å². The lowest BCUT2D eigenvalue weighted by atomic mass is 9.87. The summed E-state index contributed by atoms with van der Waals surface area (Å²) in [6.07, 6.45) is 13.6. The van der Waals surface area contributed by atoms with Gasteiger partial charge in [0, 0.05) is 43.9 Å². The van der Waals surface area contributed by atoms with E-state index in [4.69, 9.17) is 9.47 Å². The van der Waals surface area contributed by atoms with Gasteiger partial charge in [0.15, 0.2) is 6.10 Å². The maximum atomic E-state index is 12.6. The molecule has 0 spiro atoms. The highest BCUT2D eigenvalue weighted by Gasteiger charge is 2.41. The molecule has 1 rings (SSSR count). The first-order valence-electron chi connectivity index (χ1n) is 16.4. The average Bonchev–Trinajstić information content (AvgIpc) is 3.22. The van der Waals surface area contributed by atoms with Crippen LogP contribution in [0.25, 0.3) is 0 Å². The molecule has 0 heterocycles. The second-order valence-corrected chi connectivity index (χ2v) is 11.9. The van der Waals surface area contributed by atoms with Crippen molar-refractivity contribution in [3.63, 3.8) is 0 Å². The van der Waals surface area contributed by atoms with Gasteiger partial charge in [0.1, 0.15) is 12.4 Å². The van der Waals surface area contributed by atoms with Crippen molar-refractivity contribution in [2.24, 2.45) is 11.8 Å². The smallest absolute Gasteiger partial charge is 0.306 e. The van der Waals surface area contributed by atoms with Crippen LogP contribution in [0.1, 0.15) is 129 Å². The van der Waals surface area contributed by atoms with Crippen LogP contribution in [0.2, 0.25) is 0 Å². The molecule has 1 fully saturated rings. The molecular weight excluding hydrogens is 540 g/mol. The van der Waals surface area contributed by atoms with Crippen molar-refractivity contribution in [2.75, 3.05) is 13.2 Å². The maximum Gasteiger partial charge on any atom is 0.306 e. The standard InChI is InChI=1S/C33H58O9/c1-3-5-7-8-9-10-12-18-33(40)42-27(23-34)24-41-32(39)17-14-13-16-26(36)21-29-28(30(37)22-31(29)38)20-19-25(35)15-11-6-4-2/h19-20,25,27-31,34-35,37-38H,3-18,21-24H2,1-2H3/b20-19+/t25-,27-,28+,29+,30+,31-/m0/s1. The number of ether oxygens (including phenoxy) is 2. The summed E-state index contributed by atoms with van der Waals surface area (Å²) in [6, 6.07) is 0. The minimum atomic E-state index is -0.889. The van der Waals surface area contributed by atoms with Gasteiger partial charge in [-0.05, 0) is 25.7 Å². The minimum absolute atomic E-state index is 0.0448. The van der Waals surface area contributed by atoms with Crippen LogP contribution in [0.5, 0.6) is 0 Å². The number of esters is 2. The topological polar surface area (TPSA) is 151 Å². The number of carbonyl (C=O) groups is 3. The molecule has 4 N–H and O–H groups in total. The number of hydrogen-bond acceptors (Lipinski definition) is 9. The zero-order chi connectivity index (χ0) is 31.2. The lowest BCUT2D eigenvalue weighted by molar-refractivity contribution is -0.161. The van der Waals surface area contributed by atoms with Crippen molar-refractivity contribution in [3.05, 3.63) is 12.2 Å². The molecule has 0 unspecified atom stereocenters. The van der Waals surface area contributed by atoms with Crippen LogP contribution in [0.3, 0.4) is 0 Å². The van der Waals surface area contributed by atoms with Gasteiger partial charge in [0.25, 0.3) is 0 Å². The summed E-state index contributed by atoms with van der Waals surface area (Å²) < 4.78 is 10.4. The Kier molecular flexibility index (Phi) is 21.5. The molecule has 1 saturated carbocycles. The Morgan fingerprint density at radius 1 is 0.810 bits per heavy atom. The molecule has 0 aliphatic heterocycles. The number of carbonyl (C=O) groups excluding carboxylic acids is 3. The average molecular weight is 599 g/mol. The fourth-order valence-corrected chi connectivity index (χ4v) is 5.43. The molecule has 0 amide bonds. The molecule has 1 aliphatic rings. The van der Waals surface area contributed by atoms with Crippen LogP contribution in [0.15, 0.2) is 12.2 Å². The molecule has 0 bridgehead atoms. The van der Waals surface area contributed by atoms with Gasteiger partial charge in [-0.25, -0.2) is 0 Å². The molecular formula is C33H58O9. The van der Waals surface area contributed by atoms with E-state index < -0.39 is 48.9 Å². The lowest BCUT2D eigenvalue weighted by Crippen LogP contribution is -2.28. The number of Topliss-reactive ketones (excluding diaryl/α,β-unsaturated/α-hetero) is 1. The molecule has 244 valence electrons. The lowest BCUT2D eigenvalue weighted by Gasteiger charge is -2.20. The summed E-state index contributed by atoms with van der Waals surface area (Å²) in [7, 11) is 0. The third kappa shape index (κ3) is 17.3. The number of unbranched alkanes of at least 4 members (excludes halogenated alkanes) is 9. The van der Waals surface area contributed by atoms with Gasteiger partial charge in [-0.15, -0.1) is 0 Å². The third-order valence-electron chi connectivity index (χ3n) is 8.04. The van der Waals surface area contributed by atoms with Gasteiger partial charge < -0.3 is 29.9 Å². The van der Waals surface area contributed by atoms with Crippen LogP contribution in [0, 0.1) is 11.8 Å². The molecule has 9 nitrogen and oxygen atoms in total. The van der Waals surface area contributed by atoms with E-state index >= 15 is 0 Å². The van der Waals surface area contributed by atoms with Crippen molar-refractivity contribution in [1.82, 2.24) is 0 Å². The first-order valence-corrected chi connectivity index (χ1v) is 16.4. The number of ketones is 1. The molecule has 1 aliphatic carbocycles. The summed E-state index contributed by atoms with van der Waals surface area (Å²) in [4.78, 5) is 36.7. The quantitative estimate of drug-likeness (QED) is 0.0650. The van der Waals surface area contributed by atoms with E-state index in [0.717, 1.165) is 38.5 Å². The Hall–Kier alpha value is -1.81. The summed E-state index contributed by atoms with van der Waals surface area (Å²) in [5.41, 5.74) is 0. The van der Waals surface area contributed by atoms with E-state index in [1.54, 1.807) is 12.2 Å². The number of rotatable bonds is 25. The van der Waals surface area contributed by atoms with E-state index in [2.05, 4.69) is 13.8 Å². The molecule has 6 atom stereocenters. The predicted octanol–water partition coefficient (Wildman–Crippen LogP) is 4.95. The molecule has 0 aromatic rings. The second kappa shape index (κ2) is 23.6. The van der Waals surface area contributed by atoms with Gasteiger partial charge in [-0.1, -0.05) is 83.8 Å². The number of aliphatic hydroxyl groups is 4. The molecule has 42 heavy (non-hydrogen) atoms. The first-order chi connectivity index (χ1) is 20.2. The van der Waals surface area contributed by atoms with Gasteiger partial charge in [-0.3, -0.25) is 14.4 Å². The Balaban J connectivity index is 2.27. The fourth-order valence-electron chi connectivity index (χ4n) is 5.43. The van der Waals surface area contributed by atoms with Crippen LogP contribution in [-0.2, 0) is 23.9 Å². The van der Waals surface area contributed by atoms with E-state index in [-0.39, 0.29) is 50.4 Å². The molecule has 9 heteroatoms. The molecule has 0 aromatic heterocycles. The molecule has 0 radical (unpaired) electrons. The summed E-state index contributed by atoms with van der Waals surface area (Å²) in [6.45, 7) is 3.63. The van der Waals surface area contributed by atoms with Gasteiger partial charge in [-0.2, -0.15) is 0 Å². The van der Waals surface area contributed by atoms with E-state index in [0.29, 0.717) is 19.3 Å². The summed E-state index contributed by atoms with van der Waals surface area (Å²) in [5, 5.41) is 40.4. The zero-order valence-corrected chi connectivity index (χ0v) is 26.1. The van der Waals surface area contributed by atoms with Gasteiger partial charge >= 0.3 is 11.9 Å². The van der Waals surface area contributed by atoms with Gasteiger partial charge in [0.2, 0.25) is 0 Å². The van der Waals surface area contributed by atoms with Crippen LogP contribution in [0.4, 0.5) is 0 Å². The van der Waals surface area contributed by atoms with Crippen LogP contribution >= 0.6 is 0 Å². The highest BCUT2D eigenvalue weighted by Crippen LogP contribution is 2.36. The fraction of sp³-hybridized carbons (Fsp3) is 0.848. The SMILES string of the molecule is CCCCCCCCCC(=O)O[C@@H](CO)COC(=O)CCCCC(=O)C[C@@H]1[C@@H](/C=C/[C@@H](O)CCCCC)[C@H](O)C[C@@H]1O. The monoisotopic (exact) mass is 598 g/mol. The largest absolute Gasteiger partial charge is 0.462 e. The van der Waals surface area contributed by atoms with Crippen LogP contribution < -0.4 is 0 Å². The highest BCUT2D eigenvalue weighted by atomic mass is 16.6. The number of hydrogen-bond donors (Lipinski definition) is 4. The van der Waals surface area contributed by atoms with Gasteiger partial charge in [0.05, 0.1) is 24.9 Å².